The number of rotatable bonds is 9. The van der Waals surface area contributed by atoms with E-state index >= 15 is 0 Å². The van der Waals surface area contributed by atoms with Crippen molar-refractivity contribution in [3.8, 4) is 0 Å². The summed E-state index contributed by atoms with van der Waals surface area (Å²) in [6.45, 7) is 9.96. The first-order valence-electron chi connectivity index (χ1n) is 7.68. The molecule has 0 heterocycles. The molecule has 0 bridgehead atoms. The van der Waals surface area contributed by atoms with Gasteiger partial charge >= 0.3 is 0 Å². The first-order valence-corrected chi connectivity index (χ1v) is 9.17. The maximum absolute atomic E-state index is 12.2. The van der Waals surface area contributed by atoms with Crippen molar-refractivity contribution in [3.05, 3.63) is 29.8 Å². The maximum atomic E-state index is 12.2. The molecule has 0 radical (unpaired) electrons. The minimum Gasteiger partial charge on any atom is -0.316 e. The summed E-state index contributed by atoms with van der Waals surface area (Å²) in [6.07, 6.45) is 2.03. The molecule has 1 aromatic rings. The molecular formula is C16H28N2O2S. The first kappa shape index (κ1) is 18.1. The first-order chi connectivity index (χ1) is 9.86. The SMILES string of the molecule is CCCNCCc1ccc(S(=O)(=O)NC(C)C(C)C)cc1. The molecule has 0 aliphatic heterocycles. The molecule has 1 atom stereocenters. The molecule has 0 spiro atoms. The molecule has 5 heteroatoms. The monoisotopic (exact) mass is 312 g/mol. The fourth-order valence-corrected chi connectivity index (χ4v) is 3.21. The van der Waals surface area contributed by atoms with Crippen LogP contribution < -0.4 is 10.0 Å². The minimum absolute atomic E-state index is 0.0760. The van der Waals surface area contributed by atoms with E-state index in [-0.39, 0.29) is 12.0 Å². The van der Waals surface area contributed by atoms with Crippen LogP contribution in [0.4, 0.5) is 0 Å². The Hall–Kier alpha value is -0.910. The van der Waals surface area contributed by atoms with Gasteiger partial charge in [-0.2, -0.15) is 0 Å². The summed E-state index contributed by atoms with van der Waals surface area (Å²) < 4.78 is 27.2. The van der Waals surface area contributed by atoms with Crippen molar-refractivity contribution in [2.24, 2.45) is 5.92 Å². The van der Waals surface area contributed by atoms with Crippen LogP contribution in [-0.2, 0) is 16.4 Å². The molecule has 0 amide bonds. The average molecular weight is 312 g/mol. The van der Waals surface area contributed by atoms with Gasteiger partial charge in [0.05, 0.1) is 4.90 Å². The van der Waals surface area contributed by atoms with Crippen LogP contribution in [0.2, 0.25) is 0 Å². The second-order valence-corrected chi connectivity index (χ2v) is 7.51. The van der Waals surface area contributed by atoms with Gasteiger partial charge in [0.1, 0.15) is 0 Å². The summed E-state index contributed by atoms with van der Waals surface area (Å²) in [4.78, 5) is 0.334. The van der Waals surface area contributed by atoms with Crippen LogP contribution >= 0.6 is 0 Å². The molecule has 4 nitrogen and oxygen atoms in total. The van der Waals surface area contributed by atoms with Crippen molar-refractivity contribution in [2.75, 3.05) is 13.1 Å². The summed E-state index contributed by atoms with van der Waals surface area (Å²) in [6, 6.07) is 7.08. The molecule has 0 aromatic heterocycles. The molecule has 0 saturated carbocycles. The summed E-state index contributed by atoms with van der Waals surface area (Å²) >= 11 is 0. The Morgan fingerprint density at radius 2 is 1.67 bits per heavy atom. The van der Waals surface area contributed by atoms with Gasteiger partial charge in [0, 0.05) is 6.04 Å². The Kier molecular flexibility index (Phi) is 7.35. The minimum atomic E-state index is -3.42. The van der Waals surface area contributed by atoms with Gasteiger partial charge in [0.25, 0.3) is 0 Å². The second-order valence-electron chi connectivity index (χ2n) is 5.80. The van der Waals surface area contributed by atoms with Crippen LogP contribution in [0.3, 0.4) is 0 Å². The zero-order valence-electron chi connectivity index (χ0n) is 13.5. The van der Waals surface area contributed by atoms with Crippen LogP contribution in [0.15, 0.2) is 29.2 Å². The van der Waals surface area contributed by atoms with E-state index in [1.807, 2.05) is 32.9 Å². The molecule has 1 unspecified atom stereocenters. The standard InChI is InChI=1S/C16H28N2O2S/c1-5-11-17-12-10-15-6-8-16(9-7-15)21(19,20)18-14(4)13(2)3/h6-9,13-14,17-18H,5,10-12H2,1-4H3. The smallest absolute Gasteiger partial charge is 0.240 e. The lowest BCUT2D eigenvalue weighted by Gasteiger charge is -2.17. The Labute approximate surface area is 129 Å². The van der Waals surface area contributed by atoms with Crippen LogP contribution in [0.5, 0.6) is 0 Å². The normalized spacial score (nSPS) is 13.6. The highest BCUT2D eigenvalue weighted by Crippen LogP contribution is 2.13. The lowest BCUT2D eigenvalue weighted by molar-refractivity contribution is 0.476. The van der Waals surface area contributed by atoms with Gasteiger partial charge in [-0.15, -0.1) is 0 Å². The van der Waals surface area contributed by atoms with Crippen LogP contribution in [-0.4, -0.2) is 27.5 Å². The van der Waals surface area contributed by atoms with E-state index in [9.17, 15) is 8.42 Å². The molecule has 0 fully saturated rings. The van der Waals surface area contributed by atoms with Crippen molar-refractivity contribution in [1.29, 1.82) is 0 Å². The highest BCUT2D eigenvalue weighted by molar-refractivity contribution is 7.89. The van der Waals surface area contributed by atoms with Crippen LogP contribution in [0.25, 0.3) is 0 Å². The number of hydrogen-bond donors (Lipinski definition) is 2. The third-order valence-electron chi connectivity index (χ3n) is 3.59. The second kappa shape index (κ2) is 8.51. The lowest BCUT2D eigenvalue weighted by Crippen LogP contribution is -2.36. The molecule has 0 saturated heterocycles. The van der Waals surface area contributed by atoms with Gasteiger partial charge in [-0.1, -0.05) is 32.9 Å². The van der Waals surface area contributed by atoms with Gasteiger partial charge < -0.3 is 5.32 Å². The fraction of sp³-hybridized carbons (Fsp3) is 0.625. The van der Waals surface area contributed by atoms with E-state index < -0.39 is 10.0 Å². The summed E-state index contributed by atoms with van der Waals surface area (Å²) in [5, 5.41) is 3.34. The average Bonchev–Trinajstić information content (AvgIpc) is 2.43. The highest BCUT2D eigenvalue weighted by atomic mass is 32.2. The number of hydrogen-bond acceptors (Lipinski definition) is 3. The van der Waals surface area contributed by atoms with Crippen LogP contribution in [0, 0.1) is 5.92 Å². The van der Waals surface area contributed by atoms with Gasteiger partial charge in [-0.3, -0.25) is 0 Å². The van der Waals surface area contributed by atoms with Crippen LogP contribution in [0.1, 0.15) is 39.7 Å². The van der Waals surface area contributed by atoms with E-state index in [1.165, 1.54) is 0 Å². The zero-order chi connectivity index (χ0) is 15.9. The Balaban J connectivity index is 2.64. The molecule has 0 aliphatic rings. The fourth-order valence-electron chi connectivity index (χ4n) is 1.82. The van der Waals surface area contributed by atoms with Crippen molar-refractivity contribution >= 4 is 10.0 Å². The quantitative estimate of drug-likeness (QED) is 0.689. The van der Waals surface area contributed by atoms with Crippen molar-refractivity contribution < 1.29 is 8.42 Å². The molecule has 120 valence electrons. The Morgan fingerprint density at radius 1 is 1.05 bits per heavy atom. The third-order valence-corrected chi connectivity index (χ3v) is 5.17. The van der Waals surface area contributed by atoms with Gasteiger partial charge in [0.2, 0.25) is 10.0 Å². The Morgan fingerprint density at radius 3 is 2.19 bits per heavy atom. The summed E-state index contributed by atoms with van der Waals surface area (Å²) in [5.41, 5.74) is 1.15. The lowest BCUT2D eigenvalue weighted by atomic mass is 10.1. The number of benzene rings is 1. The predicted molar refractivity (Wildman–Crippen MR) is 87.9 cm³/mol. The Bertz CT molecular complexity index is 510. The van der Waals surface area contributed by atoms with E-state index in [4.69, 9.17) is 0 Å². The summed E-state index contributed by atoms with van der Waals surface area (Å²) in [5.74, 6) is 0.267. The molecule has 2 N–H and O–H groups in total. The molecule has 0 aliphatic carbocycles. The highest BCUT2D eigenvalue weighted by Gasteiger charge is 2.18. The maximum Gasteiger partial charge on any atom is 0.240 e. The van der Waals surface area contributed by atoms with Gasteiger partial charge in [-0.25, -0.2) is 13.1 Å². The van der Waals surface area contributed by atoms with E-state index in [2.05, 4.69) is 17.0 Å². The predicted octanol–water partition coefficient (Wildman–Crippen LogP) is 2.55. The van der Waals surface area contributed by atoms with Gasteiger partial charge in [0.15, 0.2) is 0 Å². The van der Waals surface area contributed by atoms with Crippen molar-refractivity contribution in [3.63, 3.8) is 0 Å². The summed E-state index contributed by atoms with van der Waals surface area (Å²) in [7, 11) is -3.42. The number of nitrogens with one attached hydrogen (secondary N) is 2. The molecular weight excluding hydrogens is 284 g/mol. The topological polar surface area (TPSA) is 58.2 Å². The third kappa shape index (κ3) is 6.16. The van der Waals surface area contributed by atoms with Crippen molar-refractivity contribution in [1.82, 2.24) is 10.0 Å². The van der Waals surface area contributed by atoms with Gasteiger partial charge in [-0.05, 0) is 56.5 Å². The largest absolute Gasteiger partial charge is 0.316 e. The van der Waals surface area contributed by atoms with E-state index in [0.717, 1.165) is 31.5 Å². The molecule has 21 heavy (non-hydrogen) atoms. The van der Waals surface area contributed by atoms with E-state index in [1.54, 1.807) is 12.1 Å². The zero-order valence-corrected chi connectivity index (χ0v) is 14.3. The molecule has 1 rings (SSSR count). The molecule has 1 aromatic carbocycles. The van der Waals surface area contributed by atoms with Crippen molar-refractivity contribution in [2.45, 2.75) is 51.5 Å². The number of sulfonamides is 1. The van der Waals surface area contributed by atoms with E-state index in [0.29, 0.717) is 4.90 Å².